The summed E-state index contributed by atoms with van der Waals surface area (Å²) in [6.07, 6.45) is 0. The number of benzene rings is 1. The first-order valence-electron chi connectivity index (χ1n) is 3.89. The summed E-state index contributed by atoms with van der Waals surface area (Å²) >= 11 is 1.87. The number of nitro groups is 1. The zero-order valence-corrected chi connectivity index (χ0v) is 9.86. The van der Waals surface area contributed by atoms with Gasteiger partial charge in [-0.1, -0.05) is 0 Å². The second-order valence-corrected chi connectivity index (χ2v) is 4.10. The lowest BCUT2D eigenvalue weighted by atomic mass is 10.1. The summed E-state index contributed by atoms with van der Waals surface area (Å²) in [6, 6.07) is 3.08. The molecule has 0 bridgehead atoms. The van der Waals surface area contributed by atoms with Crippen LogP contribution in [-0.4, -0.2) is 10.7 Å². The maximum absolute atomic E-state index is 11.1. The van der Waals surface area contributed by atoms with E-state index in [-0.39, 0.29) is 11.5 Å². The number of nitrogens with zero attached hydrogens (tertiary/aromatic N) is 1. The minimum Gasteiger partial charge on any atom is -0.295 e. The Balaban J connectivity index is 3.39. The molecule has 0 unspecified atom stereocenters. The molecule has 14 heavy (non-hydrogen) atoms. The first-order chi connectivity index (χ1) is 6.43. The Bertz CT molecular complexity index is 392. The molecule has 0 heterocycles. The average Bonchev–Trinajstić information content (AvgIpc) is 2.01. The fraction of sp³-hybridized carbons (Fsp3) is 0.222. The van der Waals surface area contributed by atoms with E-state index in [1.807, 2.05) is 22.6 Å². The van der Waals surface area contributed by atoms with Crippen molar-refractivity contribution >= 4 is 34.1 Å². The molecule has 0 saturated heterocycles. The lowest BCUT2D eigenvalue weighted by Crippen LogP contribution is -1.99. The van der Waals surface area contributed by atoms with Gasteiger partial charge in [0.05, 0.1) is 8.49 Å². The molecule has 0 spiro atoms. The van der Waals surface area contributed by atoms with Crippen LogP contribution in [0, 0.1) is 20.6 Å². The minimum atomic E-state index is -0.430. The lowest BCUT2D eigenvalue weighted by molar-refractivity contribution is -0.386. The summed E-state index contributed by atoms with van der Waals surface area (Å²) < 4.78 is 0.498. The number of ketones is 1. The van der Waals surface area contributed by atoms with Gasteiger partial charge in [-0.25, -0.2) is 0 Å². The van der Waals surface area contributed by atoms with E-state index in [1.54, 1.807) is 13.0 Å². The van der Waals surface area contributed by atoms with Crippen molar-refractivity contribution < 1.29 is 9.72 Å². The molecule has 0 radical (unpaired) electrons. The number of Topliss-reactive ketones (excluding diaryl/α,β-unsaturated/α-hetero) is 1. The third-order valence-corrected chi connectivity index (χ3v) is 2.67. The van der Waals surface area contributed by atoms with Gasteiger partial charge >= 0.3 is 0 Å². The van der Waals surface area contributed by atoms with Crippen LogP contribution in [-0.2, 0) is 0 Å². The van der Waals surface area contributed by atoms with Crippen molar-refractivity contribution in [1.82, 2.24) is 0 Å². The number of nitro benzene ring substituents is 1. The molecule has 0 aromatic heterocycles. The standard InChI is InChI=1S/C9H8INO3/c1-5-3-7(6(2)12)4-8(10)9(5)11(13)14/h3-4H,1-2H3. The van der Waals surface area contributed by atoms with Gasteiger partial charge in [-0.05, 0) is 48.6 Å². The van der Waals surface area contributed by atoms with Gasteiger partial charge in [0.2, 0.25) is 0 Å². The Kier molecular flexibility index (Phi) is 3.20. The Morgan fingerprint density at radius 2 is 2.07 bits per heavy atom. The van der Waals surface area contributed by atoms with Gasteiger partial charge in [0.1, 0.15) is 0 Å². The van der Waals surface area contributed by atoms with Crippen LogP contribution in [0.5, 0.6) is 0 Å². The van der Waals surface area contributed by atoms with Crippen LogP contribution in [0.25, 0.3) is 0 Å². The second-order valence-electron chi connectivity index (χ2n) is 2.94. The molecule has 1 aromatic rings. The molecule has 0 amide bonds. The first kappa shape index (κ1) is 11.1. The Hall–Kier alpha value is -0.980. The fourth-order valence-electron chi connectivity index (χ4n) is 1.17. The van der Waals surface area contributed by atoms with E-state index in [1.165, 1.54) is 13.0 Å². The number of hydrogen-bond donors (Lipinski definition) is 0. The van der Waals surface area contributed by atoms with Gasteiger partial charge in [0.25, 0.3) is 5.69 Å². The Morgan fingerprint density at radius 3 is 2.43 bits per heavy atom. The predicted molar refractivity (Wildman–Crippen MR) is 60.6 cm³/mol. The topological polar surface area (TPSA) is 60.2 Å². The minimum absolute atomic E-state index is 0.0793. The van der Waals surface area contributed by atoms with Gasteiger partial charge in [0, 0.05) is 11.1 Å². The monoisotopic (exact) mass is 305 g/mol. The maximum Gasteiger partial charge on any atom is 0.285 e. The Labute approximate surface area is 94.6 Å². The molecule has 5 heteroatoms. The first-order valence-corrected chi connectivity index (χ1v) is 4.97. The molecule has 0 aliphatic rings. The number of hydrogen-bond acceptors (Lipinski definition) is 3. The molecule has 1 rings (SSSR count). The van der Waals surface area contributed by atoms with Crippen molar-refractivity contribution in [3.05, 3.63) is 36.9 Å². The van der Waals surface area contributed by atoms with Crippen LogP contribution in [0.1, 0.15) is 22.8 Å². The molecule has 0 saturated carbocycles. The maximum atomic E-state index is 11.1. The van der Waals surface area contributed by atoms with Crippen LogP contribution in [0.4, 0.5) is 5.69 Å². The van der Waals surface area contributed by atoms with E-state index in [4.69, 9.17) is 0 Å². The van der Waals surface area contributed by atoms with Crippen molar-refractivity contribution in [1.29, 1.82) is 0 Å². The van der Waals surface area contributed by atoms with E-state index in [2.05, 4.69) is 0 Å². The molecule has 0 aliphatic heterocycles. The highest BCUT2D eigenvalue weighted by atomic mass is 127. The third-order valence-electron chi connectivity index (χ3n) is 1.84. The molecule has 1 aromatic carbocycles. The normalized spacial score (nSPS) is 9.93. The summed E-state index contributed by atoms with van der Waals surface area (Å²) in [5.74, 6) is -0.0825. The van der Waals surface area contributed by atoms with Crippen LogP contribution >= 0.6 is 22.6 Å². The average molecular weight is 305 g/mol. The lowest BCUT2D eigenvalue weighted by Gasteiger charge is -2.02. The highest BCUT2D eigenvalue weighted by Crippen LogP contribution is 2.26. The van der Waals surface area contributed by atoms with Gasteiger partial charge in [-0.3, -0.25) is 14.9 Å². The van der Waals surface area contributed by atoms with Crippen LogP contribution in [0.15, 0.2) is 12.1 Å². The van der Waals surface area contributed by atoms with Gasteiger partial charge < -0.3 is 0 Å². The molecule has 0 N–H and O–H groups in total. The predicted octanol–water partition coefficient (Wildman–Crippen LogP) is 2.71. The quantitative estimate of drug-likeness (QED) is 0.365. The van der Waals surface area contributed by atoms with E-state index < -0.39 is 4.92 Å². The Morgan fingerprint density at radius 1 is 1.50 bits per heavy atom. The smallest absolute Gasteiger partial charge is 0.285 e. The summed E-state index contributed by atoms with van der Waals surface area (Å²) in [4.78, 5) is 21.3. The largest absolute Gasteiger partial charge is 0.295 e. The van der Waals surface area contributed by atoms with Gasteiger partial charge in [-0.2, -0.15) is 0 Å². The molecular formula is C9H8INO3. The number of halogens is 1. The van der Waals surface area contributed by atoms with Gasteiger partial charge in [0.15, 0.2) is 5.78 Å². The van der Waals surface area contributed by atoms with E-state index in [9.17, 15) is 14.9 Å². The van der Waals surface area contributed by atoms with E-state index in [0.29, 0.717) is 14.7 Å². The van der Waals surface area contributed by atoms with E-state index >= 15 is 0 Å². The van der Waals surface area contributed by atoms with Crippen molar-refractivity contribution in [2.75, 3.05) is 0 Å². The highest BCUT2D eigenvalue weighted by molar-refractivity contribution is 14.1. The number of carbonyl (C=O) groups excluding carboxylic acids is 1. The molecular weight excluding hydrogens is 297 g/mol. The van der Waals surface area contributed by atoms with Crippen LogP contribution < -0.4 is 0 Å². The zero-order valence-electron chi connectivity index (χ0n) is 7.70. The van der Waals surface area contributed by atoms with Crippen molar-refractivity contribution in [3.8, 4) is 0 Å². The summed E-state index contributed by atoms with van der Waals surface area (Å²) in [5, 5.41) is 10.6. The van der Waals surface area contributed by atoms with Crippen molar-refractivity contribution in [3.63, 3.8) is 0 Å². The summed E-state index contributed by atoms with van der Waals surface area (Å²) in [6.45, 7) is 3.07. The summed E-state index contributed by atoms with van der Waals surface area (Å²) in [5.41, 5.74) is 1.11. The SMILES string of the molecule is CC(=O)c1cc(C)c([N+](=O)[O-])c(I)c1. The number of aryl methyl sites for hydroxylation is 1. The van der Waals surface area contributed by atoms with Crippen LogP contribution in [0.3, 0.4) is 0 Å². The number of rotatable bonds is 2. The number of carbonyl (C=O) groups is 1. The highest BCUT2D eigenvalue weighted by Gasteiger charge is 2.17. The van der Waals surface area contributed by atoms with Gasteiger partial charge in [-0.15, -0.1) is 0 Å². The fourth-order valence-corrected chi connectivity index (χ4v) is 2.13. The van der Waals surface area contributed by atoms with Crippen molar-refractivity contribution in [2.24, 2.45) is 0 Å². The zero-order chi connectivity index (χ0) is 10.9. The molecule has 4 nitrogen and oxygen atoms in total. The molecule has 0 aliphatic carbocycles. The third kappa shape index (κ3) is 2.09. The van der Waals surface area contributed by atoms with Crippen molar-refractivity contribution in [2.45, 2.75) is 13.8 Å². The summed E-state index contributed by atoms with van der Waals surface area (Å²) in [7, 11) is 0. The van der Waals surface area contributed by atoms with Crippen LogP contribution in [0.2, 0.25) is 0 Å². The molecule has 0 fully saturated rings. The molecule has 0 atom stereocenters. The second kappa shape index (κ2) is 4.04. The van der Waals surface area contributed by atoms with E-state index in [0.717, 1.165) is 0 Å². The molecule has 74 valence electrons.